The molecule has 1 aromatic rings. The van der Waals surface area contributed by atoms with E-state index in [1.54, 1.807) is 6.07 Å². The maximum absolute atomic E-state index is 11.3. The molecule has 3 heteroatoms. The molecule has 3 nitrogen and oxygen atoms in total. The molecule has 1 heterocycles. The van der Waals surface area contributed by atoms with E-state index in [4.69, 9.17) is 4.42 Å². The van der Waals surface area contributed by atoms with Crippen LogP contribution in [0.5, 0.6) is 0 Å². The van der Waals surface area contributed by atoms with E-state index in [0.717, 1.165) is 6.42 Å². The molecule has 0 aliphatic rings. The molecule has 1 atom stereocenters. The maximum atomic E-state index is 11.3. The monoisotopic (exact) mass is 167 g/mol. The smallest absolute Gasteiger partial charge is 0.254 e. The zero-order valence-corrected chi connectivity index (χ0v) is 7.33. The predicted octanol–water partition coefficient (Wildman–Crippen LogP) is 1.81. The molecular formula is C9H13NO2. The largest absolute Gasteiger partial charge is 0.472 e. The van der Waals surface area contributed by atoms with E-state index in [0.29, 0.717) is 5.56 Å². The first-order chi connectivity index (χ1) is 5.74. The average Bonchev–Trinajstić information content (AvgIpc) is 2.56. The average molecular weight is 167 g/mol. The molecule has 1 aromatic heterocycles. The summed E-state index contributed by atoms with van der Waals surface area (Å²) in [4.78, 5) is 11.3. The molecule has 0 bridgehead atoms. The Bertz CT molecular complexity index is 241. The van der Waals surface area contributed by atoms with E-state index in [9.17, 15) is 4.79 Å². The fourth-order valence-electron chi connectivity index (χ4n) is 0.803. The molecule has 66 valence electrons. The molecule has 0 saturated carbocycles. The van der Waals surface area contributed by atoms with Gasteiger partial charge in [0.2, 0.25) is 0 Å². The molecule has 0 aromatic carbocycles. The third-order valence-corrected chi connectivity index (χ3v) is 1.77. The van der Waals surface area contributed by atoms with E-state index < -0.39 is 0 Å². The Labute approximate surface area is 71.8 Å². The number of carbonyl (C=O) groups excluding carboxylic acids is 1. The lowest BCUT2D eigenvalue weighted by Crippen LogP contribution is -2.31. The lowest BCUT2D eigenvalue weighted by atomic mass is 10.2. The number of furan rings is 1. The summed E-state index contributed by atoms with van der Waals surface area (Å²) in [6, 6.07) is 1.87. The molecule has 1 N–H and O–H groups in total. The number of hydrogen-bond acceptors (Lipinski definition) is 2. The highest BCUT2D eigenvalue weighted by Gasteiger charge is 2.08. The summed E-state index contributed by atoms with van der Waals surface area (Å²) >= 11 is 0. The molecule has 0 radical (unpaired) electrons. The van der Waals surface area contributed by atoms with Gasteiger partial charge in [-0.1, -0.05) is 6.92 Å². The highest BCUT2D eigenvalue weighted by molar-refractivity contribution is 5.93. The van der Waals surface area contributed by atoms with Crippen LogP contribution in [0.4, 0.5) is 0 Å². The summed E-state index contributed by atoms with van der Waals surface area (Å²) < 4.78 is 4.79. The number of rotatable bonds is 3. The SMILES string of the molecule is CCC(C)NC(=O)c1ccoc1. The first kappa shape index (κ1) is 8.84. The second kappa shape index (κ2) is 3.95. The minimum Gasteiger partial charge on any atom is -0.472 e. The van der Waals surface area contributed by atoms with Gasteiger partial charge in [0.1, 0.15) is 6.26 Å². The Balaban J connectivity index is 2.50. The van der Waals surface area contributed by atoms with Crippen LogP contribution in [0.3, 0.4) is 0 Å². The van der Waals surface area contributed by atoms with Crippen molar-refractivity contribution in [3.63, 3.8) is 0 Å². The topological polar surface area (TPSA) is 42.2 Å². The van der Waals surface area contributed by atoms with Gasteiger partial charge in [0, 0.05) is 6.04 Å². The Morgan fingerprint density at radius 1 is 1.75 bits per heavy atom. The molecular weight excluding hydrogens is 154 g/mol. The fourth-order valence-corrected chi connectivity index (χ4v) is 0.803. The Hall–Kier alpha value is -1.25. The Morgan fingerprint density at radius 3 is 3.00 bits per heavy atom. The molecule has 0 saturated heterocycles. The van der Waals surface area contributed by atoms with Crippen molar-refractivity contribution in [2.75, 3.05) is 0 Å². The normalized spacial score (nSPS) is 12.5. The maximum Gasteiger partial charge on any atom is 0.254 e. The number of hydrogen-bond donors (Lipinski definition) is 1. The van der Waals surface area contributed by atoms with Crippen molar-refractivity contribution in [3.05, 3.63) is 24.2 Å². The first-order valence-corrected chi connectivity index (χ1v) is 4.07. The van der Waals surface area contributed by atoms with E-state index in [2.05, 4.69) is 5.32 Å². The van der Waals surface area contributed by atoms with Gasteiger partial charge in [-0.15, -0.1) is 0 Å². The molecule has 0 aliphatic carbocycles. The predicted molar refractivity (Wildman–Crippen MR) is 45.9 cm³/mol. The van der Waals surface area contributed by atoms with Crippen molar-refractivity contribution in [3.8, 4) is 0 Å². The summed E-state index contributed by atoms with van der Waals surface area (Å²) in [5.41, 5.74) is 0.579. The zero-order valence-electron chi connectivity index (χ0n) is 7.33. The lowest BCUT2D eigenvalue weighted by Gasteiger charge is -2.09. The second-order valence-electron chi connectivity index (χ2n) is 2.79. The van der Waals surface area contributed by atoms with Gasteiger partial charge < -0.3 is 9.73 Å². The molecule has 0 fully saturated rings. The van der Waals surface area contributed by atoms with Crippen LogP contribution >= 0.6 is 0 Å². The summed E-state index contributed by atoms with van der Waals surface area (Å²) in [7, 11) is 0. The number of amides is 1. The van der Waals surface area contributed by atoms with Crippen LogP contribution in [0.25, 0.3) is 0 Å². The van der Waals surface area contributed by atoms with Gasteiger partial charge in [-0.3, -0.25) is 4.79 Å². The third kappa shape index (κ3) is 2.12. The van der Waals surface area contributed by atoms with Gasteiger partial charge in [0.15, 0.2) is 0 Å². The molecule has 1 rings (SSSR count). The van der Waals surface area contributed by atoms with Gasteiger partial charge in [-0.05, 0) is 19.4 Å². The van der Waals surface area contributed by atoms with Gasteiger partial charge in [-0.25, -0.2) is 0 Å². The standard InChI is InChI=1S/C9H13NO2/c1-3-7(2)10-9(11)8-4-5-12-6-8/h4-7H,3H2,1-2H3,(H,10,11). The van der Waals surface area contributed by atoms with Crippen molar-refractivity contribution in [1.82, 2.24) is 5.32 Å². The van der Waals surface area contributed by atoms with Crippen molar-refractivity contribution in [2.24, 2.45) is 0 Å². The van der Waals surface area contributed by atoms with Crippen LogP contribution in [-0.4, -0.2) is 11.9 Å². The van der Waals surface area contributed by atoms with Crippen LogP contribution < -0.4 is 5.32 Å². The molecule has 0 spiro atoms. The van der Waals surface area contributed by atoms with E-state index in [1.807, 2.05) is 13.8 Å². The summed E-state index contributed by atoms with van der Waals surface area (Å²) in [6.07, 6.45) is 3.87. The van der Waals surface area contributed by atoms with Gasteiger partial charge >= 0.3 is 0 Å². The molecule has 0 aliphatic heterocycles. The number of carbonyl (C=O) groups is 1. The second-order valence-corrected chi connectivity index (χ2v) is 2.79. The van der Waals surface area contributed by atoms with Crippen molar-refractivity contribution < 1.29 is 9.21 Å². The minimum atomic E-state index is -0.0712. The van der Waals surface area contributed by atoms with Crippen LogP contribution in [0, 0.1) is 0 Å². The molecule has 1 unspecified atom stereocenters. The summed E-state index contributed by atoms with van der Waals surface area (Å²) in [5, 5.41) is 2.83. The summed E-state index contributed by atoms with van der Waals surface area (Å²) in [6.45, 7) is 4.00. The highest BCUT2D eigenvalue weighted by atomic mass is 16.3. The lowest BCUT2D eigenvalue weighted by molar-refractivity contribution is 0.0938. The van der Waals surface area contributed by atoms with Crippen molar-refractivity contribution in [1.29, 1.82) is 0 Å². The Kier molecular flexibility index (Phi) is 2.91. The zero-order chi connectivity index (χ0) is 8.97. The molecule has 1 amide bonds. The quantitative estimate of drug-likeness (QED) is 0.746. The van der Waals surface area contributed by atoms with Gasteiger partial charge in [0.05, 0.1) is 11.8 Å². The van der Waals surface area contributed by atoms with E-state index >= 15 is 0 Å². The molecule has 12 heavy (non-hydrogen) atoms. The van der Waals surface area contributed by atoms with Crippen LogP contribution in [-0.2, 0) is 0 Å². The summed E-state index contributed by atoms with van der Waals surface area (Å²) in [5.74, 6) is -0.0712. The Morgan fingerprint density at radius 2 is 2.50 bits per heavy atom. The first-order valence-electron chi connectivity index (χ1n) is 4.07. The van der Waals surface area contributed by atoms with E-state index in [-0.39, 0.29) is 11.9 Å². The minimum absolute atomic E-state index is 0.0712. The van der Waals surface area contributed by atoms with Gasteiger partial charge in [-0.2, -0.15) is 0 Å². The fraction of sp³-hybridized carbons (Fsp3) is 0.444. The third-order valence-electron chi connectivity index (χ3n) is 1.77. The number of nitrogens with one attached hydrogen (secondary N) is 1. The highest BCUT2D eigenvalue weighted by Crippen LogP contribution is 2.00. The van der Waals surface area contributed by atoms with Crippen LogP contribution in [0.1, 0.15) is 30.6 Å². The van der Waals surface area contributed by atoms with Crippen LogP contribution in [0.2, 0.25) is 0 Å². The van der Waals surface area contributed by atoms with Crippen molar-refractivity contribution in [2.45, 2.75) is 26.3 Å². The van der Waals surface area contributed by atoms with Crippen molar-refractivity contribution >= 4 is 5.91 Å². The van der Waals surface area contributed by atoms with Gasteiger partial charge in [0.25, 0.3) is 5.91 Å². The van der Waals surface area contributed by atoms with Crippen LogP contribution in [0.15, 0.2) is 23.0 Å². The van der Waals surface area contributed by atoms with E-state index in [1.165, 1.54) is 12.5 Å².